The molecule has 0 bridgehead atoms. The van der Waals surface area contributed by atoms with E-state index < -0.39 is 29.4 Å². The summed E-state index contributed by atoms with van der Waals surface area (Å²) in [5, 5.41) is 12.3. The number of hydrogen-bond acceptors (Lipinski definition) is 2. The highest BCUT2D eigenvalue weighted by atomic mass is 19.2. The monoisotopic (exact) mass is 299 g/mol. The summed E-state index contributed by atoms with van der Waals surface area (Å²) in [6.07, 6.45) is -1.24. The van der Waals surface area contributed by atoms with Crippen molar-refractivity contribution in [1.29, 1.82) is 0 Å². The van der Waals surface area contributed by atoms with Crippen molar-refractivity contribution >= 4 is 5.69 Å². The Hall–Kier alpha value is -2.08. The van der Waals surface area contributed by atoms with Gasteiger partial charge >= 0.3 is 0 Å². The van der Waals surface area contributed by atoms with Crippen LogP contribution in [0.2, 0.25) is 0 Å². The number of halogens is 4. The Labute approximate surface area is 119 Å². The first-order valence-corrected chi connectivity index (χ1v) is 6.21. The molecule has 0 saturated carbocycles. The number of anilines is 1. The van der Waals surface area contributed by atoms with Crippen LogP contribution in [0.25, 0.3) is 0 Å². The standard InChI is InChI=1S/C15H13F4NO/c1-8-2-4-11(17)15(14(8)19)20-7-13(21)9-3-5-10(16)12(18)6-9/h2-6,13,20-21H,7H2,1H3. The van der Waals surface area contributed by atoms with Gasteiger partial charge in [-0.2, -0.15) is 0 Å². The molecule has 0 saturated heterocycles. The summed E-state index contributed by atoms with van der Waals surface area (Å²) in [5.41, 5.74) is -0.00674. The van der Waals surface area contributed by atoms with E-state index in [2.05, 4.69) is 5.32 Å². The summed E-state index contributed by atoms with van der Waals surface area (Å²) in [6.45, 7) is 1.23. The highest BCUT2D eigenvalue weighted by Crippen LogP contribution is 2.23. The third kappa shape index (κ3) is 3.33. The summed E-state index contributed by atoms with van der Waals surface area (Å²) < 4.78 is 53.1. The molecule has 0 radical (unpaired) electrons. The van der Waals surface area contributed by atoms with Crippen LogP contribution in [0.3, 0.4) is 0 Å². The van der Waals surface area contributed by atoms with E-state index in [4.69, 9.17) is 0 Å². The van der Waals surface area contributed by atoms with Gasteiger partial charge in [-0.1, -0.05) is 12.1 Å². The minimum atomic E-state index is -1.24. The van der Waals surface area contributed by atoms with E-state index in [0.717, 1.165) is 18.2 Å². The van der Waals surface area contributed by atoms with E-state index in [1.165, 1.54) is 19.1 Å². The Kier molecular flexibility index (Phi) is 4.47. The van der Waals surface area contributed by atoms with Crippen LogP contribution in [0, 0.1) is 30.2 Å². The van der Waals surface area contributed by atoms with Gasteiger partial charge in [-0.05, 0) is 36.2 Å². The summed E-state index contributed by atoms with van der Waals surface area (Å²) in [6, 6.07) is 5.31. The van der Waals surface area contributed by atoms with Crippen LogP contribution in [0.4, 0.5) is 23.2 Å². The van der Waals surface area contributed by atoms with Crippen molar-refractivity contribution in [2.45, 2.75) is 13.0 Å². The van der Waals surface area contributed by atoms with Crippen molar-refractivity contribution in [3.8, 4) is 0 Å². The Morgan fingerprint density at radius 2 is 1.67 bits per heavy atom. The largest absolute Gasteiger partial charge is 0.387 e. The first-order valence-electron chi connectivity index (χ1n) is 6.21. The smallest absolute Gasteiger partial charge is 0.159 e. The summed E-state index contributed by atoms with van der Waals surface area (Å²) >= 11 is 0. The number of nitrogens with one attached hydrogen (secondary N) is 1. The molecule has 0 amide bonds. The quantitative estimate of drug-likeness (QED) is 0.844. The minimum absolute atomic E-state index is 0.106. The van der Waals surface area contributed by atoms with Gasteiger partial charge in [0.15, 0.2) is 17.5 Å². The molecule has 2 aromatic carbocycles. The van der Waals surface area contributed by atoms with Crippen LogP contribution in [-0.2, 0) is 0 Å². The second-order valence-electron chi connectivity index (χ2n) is 4.62. The van der Waals surface area contributed by atoms with Crippen LogP contribution in [-0.4, -0.2) is 11.7 Å². The van der Waals surface area contributed by atoms with E-state index in [1.54, 1.807) is 0 Å². The number of aliphatic hydroxyl groups excluding tert-OH is 1. The highest BCUT2D eigenvalue weighted by molar-refractivity contribution is 5.49. The first-order chi connectivity index (χ1) is 9.90. The molecule has 2 nitrogen and oxygen atoms in total. The predicted octanol–water partition coefficient (Wildman–Crippen LogP) is 3.70. The number of aliphatic hydroxyl groups is 1. The number of aryl methyl sites for hydroxylation is 1. The topological polar surface area (TPSA) is 32.3 Å². The normalized spacial score (nSPS) is 12.3. The third-order valence-corrected chi connectivity index (χ3v) is 3.08. The lowest BCUT2D eigenvalue weighted by molar-refractivity contribution is 0.190. The van der Waals surface area contributed by atoms with Crippen molar-refractivity contribution in [3.05, 3.63) is 64.7 Å². The van der Waals surface area contributed by atoms with Crippen molar-refractivity contribution in [3.63, 3.8) is 0 Å². The molecule has 0 aliphatic heterocycles. The predicted molar refractivity (Wildman–Crippen MR) is 70.9 cm³/mol. The van der Waals surface area contributed by atoms with E-state index in [1.807, 2.05) is 0 Å². The molecule has 2 rings (SSSR count). The molecule has 2 aromatic rings. The summed E-state index contributed by atoms with van der Waals surface area (Å²) in [7, 11) is 0. The average Bonchev–Trinajstić information content (AvgIpc) is 2.45. The number of hydrogen-bond donors (Lipinski definition) is 2. The zero-order valence-corrected chi connectivity index (χ0v) is 11.1. The Morgan fingerprint density at radius 3 is 2.33 bits per heavy atom. The molecule has 0 aromatic heterocycles. The maximum atomic E-state index is 13.7. The van der Waals surface area contributed by atoms with E-state index >= 15 is 0 Å². The van der Waals surface area contributed by atoms with Crippen LogP contribution in [0.1, 0.15) is 17.2 Å². The molecule has 1 atom stereocenters. The third-order valence-electron chi connectivity index (χ3n) is 3.08. The summed E-state index contributed by atoms with van der Waals surface area (Å²) in [5.74, 6) is -3.68. The van der Waals surface area contributed by atoms with Gasteiger partial charge < -0.3 is 10.4 Å². The SMILES string of the molecule is Cc1ccc(F)c(NCC(O)c2ccc(F)c(F)c2)c1F. The van der Waals surface area contributed by atoms with Gasteiger partial charge in [0.2, 0.25) is 0 Å². The lowest BCUT2D eigenvalue weighted by Crippen LogP contribution is -2.14. The molecule has 0 aliphatic rings. The first kappa shape index (κ1) is 15.3. The average molecular weight is 299 g/mol. The van der Waals surface area contributed by atoms with Gasteiger partial charge in [-0.25, -0.2) is 17.6 Å². The Bertz CT molecular complexity index is 660. The Morgan fingerprint density at radius 1 is 1.00 bits per heavy atom. The number of benzene rings is 2. The second-order valence-corrected chi connectivity index (χ2v) is 4.62. The maximum Gasteiger partial charge on any atom is 0.159 e. The van der Waals surface area contributed by atoms with Gasteiger partial charge in [0.25, 0.3) is 0 Å². The molecule has 0 spiro atoms. The molecule has 1 unspecified atom stereocenters. The van der Waals surface area contributed by atoms with E-state index in [9.17, 15) is 22.7 Å². The van der Waals surface area contributed by atoms with Crippen LogP contribution in [0.5, 0.6) is 0 Å². The zero-order valence-electron chi connectivity index (χ0n) is 11.1. The van der Waals surface area contributed by atoms with Crippen molar-refractivity contribution in [2.75, 3.05) is 11.9 Å². The lowest BCUT2D eigenvalue weighted by Gasteiger charge is -2.15. The zero-order chi connectivity index (χ0) is 15.6. The van der Waals surface area contributed by atoms with Gasteiger partial charge in [-0.15, -0.1) is 0 Å². The molecule has 6 heteroatoms. The molecule has 21 heavy (non-hydrogen) atoms. The molecule has 112 valence electrons. The molecule has 2 N–H and O–H groups in total. The van der Waals surface area contributed by atoms with Crippen molar-refractivity contribution in [2.24, 2.45) is 0 Å². The lowest BCUT2D eigenvalue weighted by atomic mass is 10.1. The fourth-order valence-electron chi connectivity index (χ4n) is 1.85. The van der Waals surface area contributed by atoms with E-state index in [-0.39, 0.29) is 23.4 Å². The van der Waals surface area contributed by atoms with Gasteiger partial charge in [-0.3, -0.25) is 0 Å². The second kappa shape index (κ2) is 6.13. The molecule has 0 heterocycles. The Balaban J connectivity index is 2.12. The number of rotatable bonds is 4. The fraction of sp³-hybridized carbons (Fsp3) is 0.200. The van der Waals surface area contributed by atoms with Crippen LogP contribution in [0.15, 0.2) is 30.3 Å². The maximum absolute atomic E-state index is 13.7. The van der Waals surface area contributed by atoms with Crippen molar-refractivity contribution < 1.29 is 22.7 Å². The van der Waals surface area contributed by atoms with Crippen LogP contribution >= 0.6 is 0 Å². The fourth-order valence-corrected chi connectivity index (χ4v) is 1.85. The summed E-state index contributed by atoms with van der Waals surface area (Å²) in [4.78, 5) is 0. The highest BCUT2D eigenvalue weighted by Gasteiger charge is 2.15. The van der Waals surface area contributed by atoms with E-state index in [0.29, 0.717) is 0 Å². The van der Waals surface area contributed by atoms with Gasteiger partial charge in [0.1, 0.15) is 11.5 Å². The van der Waals surface area contributed by atoms with Gasteiger partial charge in [0.05, 0.1) is 6.10 Å². The van der Waals surface area contributed by atoms with Crippen LogP contribution < -0.4 is 5.32 Å². The minimum Gasteiger partial charge on any atom is -0.387 e. The molecular formula is C15H13F4NO. The van der Waals surface area contributed by atoms with Gasteiger partial charge in [0, 0.05) is 6.54 Å². The molecule has 0 aliphatic carbocycles. The van der Waals surface area contributed by atoms with Crippen molar-refractivity contribution in [1.82, 2.24) is 0 Å². The molecule has 0 fully saturated rings. The molecular weight excluding hydrogens is 286 g/mol.